The van der Waals surface area contributed by atoms with Crippen molar-refractivity contribution < 1.29 is 13.5 Å². The minimum atomic E-state index is -3.67. The number of aliphatic hydroxyl groups excluding tert-OH is 1. The van der Waals surface area contributed by atoms with Crippen molar-refractivity contribution in [3.63, 3.8) is 0 Å². The van der Waals surface area contributed by atoms with Gasteiger partial charge in [0.05, 0.1) is 17.3 Å². The second-order valence-corrected chi connectivity index (χ2v) is 6.91. The number of hydrogen-bond acceptors (Lipinski definition) is 5. The van der Waals surface area contributed by atoms with Gasteiger partial charge in [0, 0.05) is 32.7 Å². The maximum atomic E-state index is 12.6. The Bertz CT molecular complexity index is 551. The highest BCUT2D eigenvalue weighted by Crippen LogP contribution is 2.30. The molecule has 112 valence electrons. The van der Waals surface area contributed by atoms with Crippen molar-refractivity contribution in [3.05, 3.63) is 23.2 Å². The van der Waals surface area contributed by atoms with Crippen LogP contribution in [0.15, 0.2) is 23.1 Å². The van der Waals surface area contributed by atoms with E-state index < -0.39 is 10.0 Å². The third-order valence-electron chi connectivity index (χ3n) is 3.34. The van der Waals surface area contributed by atoms with E-state index in [2.05, 4.69) is 0 Å². The summed E-state index contributed by atoms with van der Waals surface area (Å²) < 4.78 is 26.6. The molecule has 1 aromatic rings. The summed E-state index contributed by atoms with van der Waals surface area (Å²) in [6, 6.07) is 4.67. The highest BCUT2D eigenvalue weighted by Gasteiger charge is 2.31. The number of piperazine rings is 1. The number of aliphatic hydroxyl groups is 1. The van der Waals surface area contributed by atoms with Crippen LogP contribution >= 0.6 is 11.6 Å². The summed E-state index contributed by atoms with van der Waals surface area (Å²) in [5, 5.41) is 9.03. The Morgan fingerprint density at radius 2 is 1.90 bits per heavy atom. The standard InChI is InChI=1S/C12H18ClN3O3S/c13-10-2-1-3-11(14)12(10)20(18,19)16-6-4-15(5-7-16)8-9-17/h1-3,17H,4-9,14H2. The number of sulfonamides is 1. The molecular weight excluding hydrogens is 302 g/mol. The lowest BCUT2D eigenvalue weighted by atomic mass is 10.3. The van der Waals surface area contributed by atoms with Crippen LogP contribution in [0.25, 0.3) is 0 Å². The summed E-state index contributed by atoms with van der Waals surface area (Å²) in [5.41, 5.74) is 5.92. The molecule has 8 heteroatoms. The number of β-amino-alcohol motifs (C(OH)–C–C–N with tert-alkyl or cyclic N) is 1. The van der Waals surface area contributed by atoms with Gasteiger partial charge in [-0.3, -0.25) is 4.90 Å². The van der Waals surface area contributed by atoms with E-state index in [-0.39, 0.29) is 22.2 Å². The number of hydrogen-bond donors (Lipinski definition) is 2. The Morgan fingerprint density at radius 1 is 1.25 bits per heavy atom. The van der Waals surface area contributed by atoms with Gasteiger partial charge in [-0.1, -0.05) is 17.7 Å². The second-order valence-electron chi connectivity index (χ2n) is 4.63. The van der Waals surface area contributed by atoms with Gasteiger partial charge in [0.25, 0.3) is 0 Å². The summed E-state index contributed by atoms with van der Waals surface area (Å²) in [6.45, 7) is 2.54. The number of benzene rings is 1. The van der Waals surface area contributed by atoms with Crippen molar-refractivity contribution in [1.29, 1.82) is 0 Å². The van der Waals surface area contributed by atoms with Crippen LogP contribution in [0.5, 0.6) is 0 Å². The van der Waals surface area contributed by atoms with E-state index in [9.17, 15) is 8.42 Å². The molecule has 0 spiro atoms. The molecule has 0 saturated carbocycles. The molecule has 0 bridgehead atoms. The molecule has 1 aliphatic heterocycles. The number of nitrogen functional groups attached to an aromatic ring is 1. The molecular formula is C12H18ClN3O3S. The van der Waals surface area contributed by atoms with E-state index in [1.807, 2.05) is 4.90 Å². The molecule has 3 N–H and O–H groups in total. The van der Waals surface area contributed by atoms with Crippen LogP contribution in [-0.4, -0.2) is 62.1 Å². The Morgan fingerprint density at radius 3 is 2.45 bits per heavy atom. The van der Waals surface area contributed by atoms with Crippen molar-refractivity contribution in [3.8, 4) is 0 Å². The summed E-state index contributed by atoms with van der Waals surface area (Å²) in [7, 11) is -3.67. The van der Waals surface area contributed by atoms with Crippen LogP contribution in [-0.2, 0) is 10.0 Å². The van der Waals surface area contributed by atoms with Gasteiger partial charge in [-0.15, -0.1) is 0 Å². The molecule has 1 aromatic carbocycles. The highest BCUT2D eigenvalue weighted by atomic mass is 35.5. The fourth-order valence-corrected chi connectivity index (χ4v) is 4.32. The molecule has 6 nitrogen and oxygen atoms in total. The third kappa shape index (κ3) is 3.07. The zero-order chi connectivity index (χ0) is 14.8. The lowest BCUT2D eigenvalue weighted by Gasteiger charge is -2.33. The van der Waals surface area contributed by atoms with Crippen LogP contribution < -0.4 is 5.73 Å². The monoisotopic (exact) mass is 319 g/mol. The maximum absolute atomic E-state index is 12.6. The first-order chi connectivity index (χ1) is 9.46. The van der Waals surface area contributed by atoms with Crippen molar-refractivity contribution in [2.24, 2.45) is 0 Å². The quantitative estimate of drug-likeness (QED) is 0.775. The maximum Gasteiger partial charge on any atom is 0.246 e. The number of rotatable bonds is 4. The first-order valence-electron chi connectivity index (χ1n) is 6.34. The molecule has 1 fully saturated rings. The number of anilines is 1. The van der Waals surface area contributed by atoms with Crippen molar-refractivity contribution in [1.82, 2.24) is 9.21 Å². The topological polar surface area (TPSA) is 86.9 Å². The van der Waals surface area contributed by atoms with Gasteiger partial charge < -0.3 is 10.8 Å². The molecule has 2 rings (SSSR count). The van der Waals surface area contributed by atoms with Gasteiger partial charge >= 0.3 is 0 Å². The lowest BCUT2D eigenvalue weighted by Crippen LogP contribution is -2.49. The number of nitrogens with zero attached hydrogens (tertiary/aromatic N) is 2. The summed E-state index contributed by atoms with van der Waals surface area (Å²) in [5.74, 6) is 0. The molecule has 0 radical (unpaired) electrons. The first kappa shape index (κ1) is 15.5. The van der Waals surface area contributed by atoms with E-state index in [4.69, 9.17) is 22.4 Å². The molecule has 1 aliphatic rings. The van der Waals surface area contributed by atoms with Gasteiger partial charge in [-0.05, 0) is 12.1 Å². The summed E-state index contributed by atoms with van der Waals surface area (Å²) in [4.78, 5) is 2.00. The zero-order valence-corrected chi connectivity index (χ0v) is 12.6. The van der Waals surface area contributed by atoms with Crippen molar-refractivity contribution >= 4 is 27.3 Å². The van der Waals surface area contributed by atoms with Crippen LogP contribution in [0.2, 0.25) is 5.02 Å². The normalized spacial score (nSPS) is 18.3. The van der Waals surface area contributed by atoms with Crippen LogP contribution in [0.3, 0.4) is 0 Å². The predicted molar refractivity (Wildman–Crippen MR) is 78.1 cm³/mol. The summed E-state index contributed by atoms with van der Waals surface area (Å²) >= 11 is 5.98. The minimum absolute atomic E-state index is 0.0164. The molecule has 0 aromatic heterocycles. The first-order valence-corrected chi connectivity index (χ1v) is 8.16. The molecule has 0 aliphatic carbocycles. The van der Waals surface area contributed by atoms with Gasteiger partial charge in [-0.25, -0.2) is 8.42 Å². The zero-order valence-electron chi connectivity index (χ0n) is 11.0. The van der Waals surface area contributed by atoms with Crippen molar-refractivity contribution in [2.75, 3.05) is 45.1 Å². The van der Waals surface area contributed by atoms with Gasteiger partial charge in [0.1, 0.15) is 4.90 Å². The minimum Gasteiger partial charge on any atom is -0.398 e. The van der Waals surface area contributed by atoms with E-state index in [1.165, 1.54) is 16.4 Å². The number of nitrogens with two attached hydrogens (primary N) is 1. The van der Waals surface area contributed by atoms with E-state index >= 15 is 0 Å². The Hall–Kier alpha value is -0.860. The average Bonchev–Trinajstić information content (AvgIpc) is 2.39. The molecule has 1 heterocycles. The molecule has 1 saturated heterocycles. The van der Waals surface area contributed by atoms with Crippen LogP contribution in [0.1, 0.15) is 0 Å². The number of halogens is 1. The van der Waals surface area contributed by atoms with E-state index in [1.54, 1.807) is 6.07 Å². The Labute approximate surface area is 123 Å². The van der Waals surface area contributed by atoms with Gasteiger partial charge in [0.15, 0.2) is 0 Å². The van der Waals surface area contributed by atoms with E-state index in [0.717, 1.165) is 0 Å². The smallest absolute Gasteiger partial charge is 0.246 e. The second kappa shape index (κ2) is 6.28. The average molecular weight is 320 g/mol. The fraction of sp³-hybridized carbons (Fsp3) is 0.500. The van der Waals surface area contributed by atoms with Gasteiger partial charge in [-0.2, -0.15) is 4.31 Å². The Kier molecular flexibility index (Phi) is 4.87. The predicted octanol–water partition coefficient (Wildman–Crippen LogP) is 0.221. The van der Waals surface area contributed by atoms with Crippen molar-refractivity contribution in [2.45, 2.75) is 4.90 Å². The Balaban J connectivity index is 2.20. The van der Waals surface area contributed by atoms with Gasteiger partial charge in [0.2, 0.25) is 10.0 Å². The fourth-order valence-electron chi connectivity index (χ4n) is 2.26. The molecule has 0 atom stereocenters. The molecule has 20 heavy (non-hydrogen) atoms. The molecule has 0 unspecified atom stereocenters. The van der Waals surface area contributed by atoms with Crippen LogP contribution in [0.4, 0.5) is 5.69 Å². The lowest BCUT2D eigenvalue weighted by molar-refractivity contribution is 0.151. The SMILES string of the molecule is Nc1cccc(Cl)c1S(=O)(=O)N1CCN(CCO)CC1. The highest BCUT2D eigenvalue weighted by molar-refractivity contribution is 7.89. The largest absolute Gasteiger partial charge is 0.398 e. The van der Waals surface area contributed by atoms with E-state index in [0.29, 0.717) is 32.7 Å². The molecule has 0 amide bonds. The third-order valence-corrected chi connectivity index (χ3v) is 5.79. The summed E-state index contributed by atoms with van der Waals surface area (Å²) in [6.07, 6.45) is 0. The van der Waals surface area contributed by atoms with Crippen LogP contribution in [0, 0.1) is 0 Å².